The third-order valence-electron chi connectivity index (χ3n) is 2.77. The monoisotopic (exact) mass is 241 g/mol. The largest absolute Gasteiger partial charge is 0.441 e. The molecule has 0 unspecified atom stereocenters. The standard InChI is InChI=1S/C11H12ClNO3/c1-7-11(2,15)13(10(14)16-7)9-5-3-8(12)4-6-9/h3-7,15H,1-2H3/t7-,11+/m0/s1. The highest BCUT2D eigenvalue weighted by molar-refractivity contribution is 6.30. The average Bonchev–Trinajstić information content (AvgIpc) is 2.39. The van der Waals surface area contributed by atoms with Crippen LogP contribution in [0.5, 0.6) is 0 Å². The lowest BCUT2D eigenvalue weighted by molar-refractivity contribution is -0.00438. The summed E-state index contributed by atoms with van der Waals surface area (Å²) in [6.45, 7) is 3.19. The van der Waals surface area contributed by atoms with Crippen LogP contribution >= 0.6 is 11.6 Å². The van der Waals surface area contributed by atoms with Gasteiger partial charge in [0.15, 0.2) is 5.72 Å². The quantitative estimate of drug-likeness (QED) is 0.821. The highest BCUT2D eigenvalue weighted by Crippen LogP contribution is 2.33. The van der Waals surface area contributed by atoms with Gasteiger partial charge in [-0.2, -0.15) is 0 Å². The Hall–Kier alpha value is -1.26. The van der Waals surface area contributed by atoms with Crippen LogP contribution in [0.25, 0.3) is 0 Å². The molecular weight excluding hydrogens is 230 g/mol. The number of hydrogen-bond acceptors (Lipinski definition) is 3. The van der Waals surface area contributed by atoms with E-state index in [2.05, 4.69) is 0 Å². The highest BCUT2D eigenvalue weighted by Gasteiger charge is 2.49. The molecule has 1 amide bonds. The smallest absolute Gasteiger partial charge is 0.417 e. The maximum absolute atomic E-state index is 11.6. The van der Waals surface area contributed by atoms with Gasteiger partial charge in [0.25, 0.3) is 0 Å². The molecule has 1 aliphatic rings. The molecule has 1 saturated heterocycles. The average molecular weight is 242 g/mol. The van der Waals surface area contributed by atoms with E-state index in [-0.39, 0.29) is 0 Å². The third-order valence-corrected chi connectivity index (χ3v) is 3.02. The highest BCUT2D eigenvalue weighted by atomic mass is 35.5. The van der Waals surface area contributed by atoms with Crippen molar-refractivity contribution in [2.75, 3.05) is 4.90 Å². The number of carbonyl (C=O) groups excluding carboxylic acids is 1. The van der Waals surface area contributed by atoms with E-state index in [1.807, 2.05) is 0 Å². The molecule has 0 aromatic heterocycles. The van der Waals surface area contributed by atoms with Gasteiger partial charge < -0.3 is 9.84 Å². The molecule has 0 radical (unpaired) electrons. The molecule has 1 heterocycles. The first-order valence-electron chi connectivity index (χ1n) is 4.91. The van der Waals surface area contributed by atoms with E-state index in [1.54, 1.807) is 31.2 Å². The summed E-state index contributed by atoms with van der Waals surface area (Å²) in [5, 5.41) is 10.7. The summed E-state index contributed by atoms with van der Waals surface area (Å²) in [5.74, 6) is 0. The second-order valence-corrected chi connectivity index (χ2v) is 4.37. The lowest BCUT2D eigenvalue weighted by atomic mass is 10.1. The number of halogens is 1. The summed E-state index contributed by atoms with van der Waals surface area (Å²) in [6, 6.07) is 6.64. The van der Waals surface area contributed by atoms with Gasteiger partial charge in [0.2, 0.25) is 0 Å². The Balaban J connectivity index is 2.40. The zero-order valence-corrected chi connectivity index (χ0v) is 9.73. The van der Waals surface area contributed by atoms with Crippen molar-refractivity contribution in [3.8, 4) is 0 Å². The predicted octanol–water partition coefficient (Wildman–Crippen LogP) is 2.39. The molecule has 1 N–H and O–H groups in total. The number of aliphatic hydroxyl groups is 1. The molecular formula is C11H12ClNO3. The van der Waals surface area contributed by atoms with E-state index in [0.29, 0.717) is 10.7 Å². The van der Waals surface area contributed by atoms with Gasteiger partial charge in [-0.1, -0.05) is 11.6 Å². The Labute approximate surface area is 98.4 Å². The maximum Gasteiger partial charge on any atom is 0.417 e. The number of hydrogen-bond donors (Lipinski definition) is 1. The molecule has 0 saturated carbocycles. The minimum atomic E-state index is -1.34. The SMILES string of the molecule is C[C@@H]1OC(=O)N(c2ccc(Cl)cc2)[C@]1(C)O. The van der Waals surface area contributed by atoms with Gasteiger partial charge in [0.05, 0.1) is 5.69 Å². The van der Waals surface area contributed by atoms with Crippen LogP contribution in [0, 0.1) is 0 Å². The van der Waals surface area contributed by atoms with Crippen molar-refractivity contribution in [2.24, 2.45) is 0 Å². The minimum absolute atomic E-state index is 0.556. The molecule has 2 rings (SSSR count). The number of ether oxygens (including phenoxy) is 1. The second kappa shape index (κ2) is 3.64. The number of cyclic esters (lactones) is 1. The molecule has 5 heteroatoms. The first kappa shape index (κ1) is 11.2. The molecule has 4 nitrogen and oxygen atoms in total. The summed E-state index contributed by atoms with van der Waals surface area (Å²) in [6.07, 6.45) is -1.13. The van der Waals surface area contributed by atoms with Crippen molar-refractivity contribution in [3.05, 3.63) is 29.3 Å². The van der Waals surface area contributed by atoms with Crippen molar-refractivity contribution >= 4 is 23.4 Å². The van der Waals surface area contributed by atoms with E-state index in [9.17, 15) is 9.90 Å². The van der Waals surface area contributed by atoms with Crippen molar-refractivity contribution in [1.29, 1.82) is 0 Å². The van der Waals surface area contributed by atoms with Gasteiger partial charge in [-0.05, 0) is 38.1 Å². The summed E-state index contributed by atoms with van der Waals surface area (Å²) in [5.41, 5.74) is -0.783. The van der Waals surface area contributed by atoms with Crippen LogP contribution in [-0.2, 0) is 4.74 Å². The summed E-state index contributed by atoms with van der Waals surface area (Å²) < 4.78 is 4.98. The fourth-order valence-electron chi connectivity index (χ4n) is 1.64. The number of rotatable bonds is 1. The van der Waals surface area contributed by atoms with Crippen molar-refractivity contribution < 1.29 is 14.6 Å². The van der Waals surface area contributed by atoms with Crippen molar-refractivity contribution in [1.82, 2.24) is 0 Å². The van der Waals surface area contributed by atoms with Crippen molar-refractivity contribution in [2.45, 2.75) is 25.7 Å². The van der Waals surface area contributed by atoms with E-state index >= 15 is 0 Å². The van der Waals surface area contributed by atoms with Gasteiger partial charge in [-0.3, -0.25) is 0 Å². The molecule has 0 spiro atoms. The number of nitrogens with zero attached hydrogens (tertiary/aromatic N) is 1. The predicted molar refractivity (Wildman–Crippen MR) is 60.5 cm³/mol. The summed E-state index contributed by atoms with van der Waals surface area (Å²) in [7, 11) is 0. The van der Waals surface area contributed by atoms with Gasteiger partial charge >= 0.3 is 6.09 Å². The van der Waals surface area contributed by atoms with Gasteiger partial charge in [0, 0.05) is 5.02 Å². The van der Waals surface area contributed by atoms with Crippen LogP contribution in [0.1, 0.15) is 13.8 Å². The van der Waals surface area contributed by atoms with Crippen LogP contribution < -0.4 is 4.90 Å². The molecule has 1 fully saturated rings. The molecule has 2 atom stereocenters. The fraction of sp³-hybridized carbons (Fsp3) is 0.364. The molecule has 86 valence electrons. The topological polar surface area (TPSA) is 49.8 Å². The Morgan fingerprint density at radius 1 is 1.44 bits per heavy atom. The minimum Gasteiger partial charge on any atom is -0.441 e. The van der Waals surface area contributed by atoms with Gasteiger partial charge in [-0.15, -0.1) is 0 Å². The molecule has 0 aliphatic carbocycles. The summed E-state index contributed by atoms with van der Waals surface area (Å²) in [4.78, 5) is 12.8. The third kappa shape index (κ3) is 1.64. The van der Waals surface area contributed by atoms with E-state index in [1.165, 1.54) is 11.8 Å². The fourth-order valence-corrected chi connectivity index (χ4v) is 1.77. The lowest BCUT2D eigenvalue weighted by Crippen LogP contribution is -2.48. The van der Waals surface area contributed by atoms with E-state index < -0.39 is 17.9 Å². The molecule has 1 aromatic rings. The maximum atomic E-state index is 11.6. The Morgan fingerprint density at radius 2 is 2.00 bits per heavy atom. The van der Waals surface area contributed by atoms with Gasteiger partial charge in [0.1, 0.15) is 6.10 Å². The first-order chi connectivity index (χ1) is 7.43. The van der Waals surface area contributed by atoms with E-state index in [0.717, 1.165) is 0 Å². The van der Waals surface area contributed by atoms with Crippen LogP contribution in [0.2, 0.25) is 5.02 Å². The summed E-state index contributed by atoms with van der Waals surface area (Å²) >= 11 is 5.76. The first-order valence-corrected chi connectivity index (χ1v) is 5.29. The Kier molecular flexibility index (Phi) is 2.56. The van der Waals surface area contributed by atoms with Gasteiger partial charge in [-0.25, -0.2) is 9.69 Å². The van der Waals surface area contributed by atoms with Crippen LogP contribution in [-0.4, -0.2) is 23.0 Å². The van der Waals surface area contributed by atoms with Crippen LogP contribution in [0.15, 0.2) is 24.3 Å². The number of amides is 1. The Morgan fingerprint density at radius 3 is 2.44 bits per heavy atom. The van der Waals surface area contributed by atoms with Crippen LogP contribution in [0.3, 0.4) is 0 Å². The second-order valence-electron chi connectivity index (χ2n) is 3.93. The van der Waals surface area contributed by atoms with Crippen LogP contribution in [0.4, 0.5) is 10.5 Å². The molecule has 1 aliphatic heterocycles. The van der Waals surface area contributed by atoms with E-state index in [4.69, 9.17) is 16.3 Å². The Bertz CT molecular complexity index is 416. The zero-order valence-electron chi connectivity index (χ0n) is 8.98. The normalized spacial score (nSPS) is 29.4. The van der Waals surface area contributed by atoms with Crippen molar-refractivity contribution in [3.63, 3.8) is 0 Å². The molecule has 1 aromatic carbocycles. The number of carbonyl (C=O) groups is 1. The number of anilines is 1. The number of benzene rings is 1. The molecule has 16 heavy (non-hydrogen) atoms. The molecule has 0 bridgehead atoms. The lowest BCUT2D eigenvalue weighted by Gasteiger charge is -2.28. The zero-order chi connectivity index (χ0) is 11.9.